The average Bonchev–Trinajstić information content (AvgIpc) is 3.52. The molecule has 5 rings (SSSR count). The van der Waals surface area contributed by atoms with Gasteiger partial charge < -0.3 is 19.2 Å². The number of pyridine rings is 1. The van der Waals surface area contributed by atoms with E-state index in [0.717, 1.165) is 0 Å². The third-order valence-electron chi connectivity index (χ3n) is 7.35. The summed E-state index contributed by atoms with van der Waals surface area (Å²) in [6.07, 6.45) is -7.42. The molecule has 1 aliphatic heterocycles. The summed E-state index contributed by atoms with van der Waals surface area (Å²) < 4.78 is 103. The summed E-state index contributed by atoms with van der Waals surface area (Å²) in [5.74, 6) is -1.58. The molecule has 1 atom stereocenters. The molecule has 0 spiro atoms. The number of alkyl halides is 6. The number of nitrogens with zero attached hydrogens (tertiary/aromatic N) is 3. The van der Waals surface area contributed by atoms with E-state index in [9.17, 15) is 31.1 Å². The predicted octanol–water partition coefficient (Wildman–Crippen LogP) is 8.68. The van der Waals surface area contributed by atoms with Crippen molar-refractivity contribution in [3.63, 3.8) is 0 Å². The number of nitrogens with one attached hydrogen (secondary N) is 1. The summed E-state index contributed by atoms with van der Waals surface area (Å²) in [5, 5.41) is 9.49. The fourth-order valence-corrected chi connectivity index (χ4v) is 4.66. The van der Waals surface area contributed by atoms with Crippen LogP contribution in [0.2, 0.25) is 0 Å². The molecule has 4 aromatic rings. The summed E-state index contributed by atoms with van der Waals surface area (Å²) in [5.41, 5.74) is -4.59. The van der Waals surface area contributed by atoms with E-state index in [2.05, 4.69) is 20.5 Å². The maximum Gasteiger partial charge on any atom is 0.426 e. The highest BCUT2D eigenvalue weighted by atomic mass is 19.4. The summed E-state index contributed by atoms with van der Waals surface area (Å²) in [6, 6.07) is 15.0. The molecule has 0 aliphatic carbocycles. The lowest BCUT2D eigenvalue weighted by Gasteiger charge is -2.32. The Kier molecular flexibility index (Phi) is 11.1. The predicted molar refractivity (Wildman–Crippen MR) is 165 cm³/mol. The highest BCUT2D eigenvalue weighted by molar-refractivity contribution is 5.84. The van der Waals surface area contributed by atoms with Crippen molar-refractivity contribution < 1.29 is 45.0 Å². The zero-order valence-corrected chi connectivity index (χ0v) is 26.6. The van der Waals surface area contributed by atoms with E-state index in [1.54, 1.807) is 55.7 Å². The van der Waals surface area contributed by atoms with Gasteiger partial charge in [0.1, 0.15) is 0 Å². The van der Waals surface area contributed by atoms with E-state index < -0.39 is 65.4 Å². The minimum atomic E-state index is -5.04. The third kappa shape index (κ3) is 8.47. The molecule has 0 radical (unpaired) electrons. The van der Waals surface area contributed by atoms with Gasteiger partial charge in [0.25, 0.3) is 11.8 Å². The van der Waals surface area contributed by atoms with E-state index in [4.69, 9.17) is 13.9 Å². The lowest BCUT2D eigenvalue weighted by atomic mass is 9.94. The summed E-state index contributed by atoms with van der Waals surface area (Å²) >= 11 is 0. The second kappa shape index (κ2) is 14.7. The number of hydrogen-bond acceptors (Lipinski definition) is 7. The molecule has 8 nitrogen and oxygen atoms in total. The maximum absolute atomic E-state index is 14.9. The molecular weight excluding hydrogens is 642 g/mol. The van der Waals surface area contributed by atoms with E-state index in [-0.39, 0.29) is 30.4 Å². The van der Waals surface area contributed by atoms with Crippen molar-refractivity contribution in [3.8, 4) is 22.8 Å². The number of amides is 1. The number of carbonyl (C=O) groups excluding carboxylic acids is 1. The van der Waals surface area contributed by atoms with Crippen LogP contribution >= 0.6 is 0 Å². The van der Waals surface area contributed by atoms with Crippen molar-refractivity contribution in [2.75, 3.05) is 12.4 Å². The Balaban J connectivity index is 0.000000794. The van der Waals surface area contributed by atoms with Crippen molar-refractivity contribution in [3.05, 3.63) is 95.4 Å². The van der Waals surface area contributed by atoms with E-state index in [1.165, 1.54) is 18.2 Å². The van der Waals surface area contributed by atoms with Crippen LogP contribution in [0, 0.1) is 0 Å². The van der Waals surface area contributed by atoms with Crippen LogP contribution in [-0.4, -0.2) is 40.5 Å². The Morgan fingerprint density at radius 1 is 0.938 bits per heavy atom. The summed E-state index contributed by atoms with van der Waals surface area (Å²) in [4.78, 5) is 15.5. The van der Waals surface area contributed by atoms with Crippen LogP contribution in [-0.2, 0) is 39.1 Å². The van der Waals surface area contributed by atoms with Crippen LogP contribution in [0.4, 0.5) is 32.0 Å². The topological polar surface area (TPSA) is 99.4 Å². The van der Waals surface area contributed by atoms with Crippen molar-refractivity contribution >= 4 is 12.1 Å². The Bertz CT molecular complexity index is 1720. The van der Waals surface area contributed by atoms with Gasteiger partial charge in [-0.3, -0.25) is 4.79 Å². The Morgan fingerprint density at radius 2 is 1.60 bits per heavy atom. The molecule has 0 saturated heterocycles. The van der Waals surface area contributed by atoms with Gasteiger partial charge in [0.2, 0.25) is 12.0 Å². The van der Waals surface area contributed by atoms with E-state index in [0.29, 0.717) is 17.2 Å². The highest BCUT2D eigenvalue weighted by Crippen LogP contribution is 2.47. The number of aromatic nitrogens is 3. The molecule has 2 aromatic carbocycles. The van der Waals surface area contributed by atoms with Gasteiger partial charge in [0, 0.05) is 12.7 Å². The standard InChI is InChI=1S/C29H22F6N4O3.C5H12O/c30-28(31,32)21-15-22(36-17-40)24-25-38-39-26(42-25)27(29(33,34)35,41-16-18-9-3-1-4-10-18)14-8-2-5-11-19-12-6-7-13-20(19)23(21)37-24;1-5(2,3)6-4/h1-7,9-10,12-13,15,17H,8,11,14,16H2,(H,36,40);1-4H3/b5-2-;. The number of fused-ring (bicyclic) bond motifs is 7. The monoisotopic (exact) mass is 676 g/mol. The first-order valence-electron chi connectivity index (χ1n) is 14.8. The minimum absolute atomic E-state index is 0.0417. The fraction of sp³-hybridized carbons (Fsp3) is 0.353. The molecule has 3 heterocycles. The largest absolute Gasteiger partial charge is 0.426 e. The lowest BCUT2D eigenvalue weighted by Crippen LogP contribution is -2.45. The van der Waals surface area contributed by atoms with Crippen LogP contribution in [0.5, 0.6) is 0 Å². The van der Waals surface area contributed by atoms with Crippen molar-refractivity contribution in [2.45, 2.75) is 70.2 Å². The number of methoxy groups -OCH3 is 1. The molecule has 0 saturated carbocycles. The molecule has 4 bridgehead atoms. The Hall–Kier alpha value is -4.56. The van der Waals surface area contributed by atoms with Crippen molar-refractivity contribution in [1.29, 1.82) is 0 Å². The van der Waals surface area contributed by atoms with Crippen LogP contribution < -0.4 is 5.32 Å². The van der Waals surface area contributed by atoms with Gasteiger partial charge in [-0.25, -0.2) is 4.98 Å². The molecule has 1 unspecified atom stereocenters. The van der Waals surface area contributed by atoms with Gasteiger partial charge in [-0.05, 0) is 57.2 Å². The lowest BCUT2D eigenvalue weighted by molar-refractivity contribution is -0.299. The van der Waals surface area contributed by atoms with Crippen molar-refractivity contribution in [2.24, 2.45) is 0 Å². The molecule has 0 fully saturated rings. The zero-order valence-electron chi connectivity index (χ0n) is 26.6. The minimum Gasteiger partial charge on any atom is -0.416 e. The Labute approximate surface area is 273 Å². The van der Waals surface area contributed by atoms with Gasteiger partial charge in [-0.15, -0.1) is 10.2 Å². The molecule has 48 heavy (non-hydrogen) atoms. The number of anilines is 1. The van der Waals surface area contributed by atoms with Crippen LogP contribution in [0.3, 0.4) is 0 Å². The second-order valence-electron chi connectivity index (χ2n) is 11.7. The number of benzene rings is 2. The normalized spacial score (nSPS) is 17.3. The second-order valence-corrected chi connectivity index (χ2v) is 11.7. The number of rotatable bonds is 5. The average molecular weight is 677 g/mol. The highest BCUT2D eigenvalue weighted by Gasteiger charge is 2.61. The quantitative estimate of drug-likeness (QED) is 0.128. The van der Waals surface area contributed by atoms with Crippen LogP contribution in [0.25, 0.3) is 22.8 Å². The van der Waals surface area contributed by atoms with Crippen LogP contribution in [0.15, 0.2) is 77.2 Å². The molecule has 1 N–H and O–H groups in total. The first kappa shape index (κ1) is 36.3. The molecule has 256 valence electrons. The molecule has 14 heteroatoms. The van der Waals surface area contributed by atoms with Gasteiger partial charge in [-0.1, -0.05) is 66.7 Å². The molecule has 1 amide bonds. The van der Waals surface area contributed by atoms with Gasteiger partial charge in [-0.2, -0.15) is 26.3 Å². The van der Waals surface area contributed by atoms with Gasteiger partial charge >= 0.3 is 12.4 Å². The van der Waals surface area contributed by atoms with E-state index >= 15 is 0 Å². The summed E-state index contributed by atoms with van der Waals surface area (Å²) in [6.45, 7) is 5.61. The molecular formula is C34H34F6N4O4. The number of ether oxygens (including phenoxy) is 2. The number of hydrogen-bond donors (Lipinski definition) is 1. The van der Waals surface area contributed by atoms with Gasteiger partial charge in [0.15, 0.2) is 5.69 Å². The van der Waals surface area contributed by atoms with Crippen molar-refractivity contribution in [1.82, 2.24) is 15.2 Å². The number of halogens is 6. The number of allylic oxidation sites excluding steroid dienone is 2. The zero-order chi connectivity index (χ0) is 35.2. The molecule has 1 aliphatic rings. The SMILES string of the molecule is COC(C)(C)C.O=CNc1cc(C(F)(F)F)c2nc1-c1nnc(o1)C(OCc1ccccc1)(C(F)(F)F)CC/C=C\Cc1ccccc1-2. The Morgan fingerprint density at radius 3 is 2.23 bits per heavy atom. The fourth-order valence-electron chi connectivity index (χ4n) is 4.66. The third-order valence-corrected chi connectivity index (χ3v) is 7.35. The first-order chi connectivity index (χ1) is 22.6. The molecule has 2 aromatic heterocycles. The maximum atomic E-state index is 14.9. The smallest absolute Gasteiger partial charge is 0.416 e. The first-order valence-corrected chi connectivity index (χ1v) is 14.8. The number of carbonyl (C=O) groups is 1. The summed E-state index contributed by atoms with van der Waals surface area (Å²) in [7, 11) is 1.71. The van der Waals surface area contributed by atoms with Crippen LogP contribution in [0.1, 0.15) is 56.2 Å². The van der Waals surface area contributed by atoms with E-state index in [1.807, 2.05) is 20.8 Å². The van der Waals surface area contributed by atoms with Gasteiger partial charge in [0.05, 0.1) is 29.2 Å².